The molecule has 0 saturated heterocycles. The van der Waals surface area contributed by atoms with Gasteiger partial charge in [-0.1, -0.05) is 23.2 Å². The van der Waals surface area contributed by atoms with Crippen molar-refractivity contribution in [2.45, 2.75) is 6.92 Å². The third-order valence-electron chi connectivity index (χ3n) is 1.84. The zero-order chi connectivity index (χ0) is 8.72. The van der Waals surface area contributed by atoms with E-state index in [4.69, 9.17) is 17.3 Å². The molecule has 12 heavy (non-hydrogen) atoms. The zero-order valence-electron chi connectivity index (χ0n) is 6.60. The topological polar surface area (TPSA) is 26.0 Å². The van der Waals surface area contributed by atoms with Crippen LogP contribution in [-0.2, 0) is 0 Å². The molecule has 2 rings (SSSR count). The lowest BCUT2D eigenvalue weighted by atomic mass is 10.2. The van der Waals surface area contributed by atoms with Gasteiger partial charge in [-0.2, -0.15) is 0 Å². The van der Waals surface area contributed by atoms with E-state index in [0.717, 1.165) is 10.1 Å². The Labute approximate surface area is 79.8 Å². The normalized spacial score (nSPS) is 10.8. The van der Waals surface area contributed by atoms with Crippen LogP contribution in [0.1, 0.15) is 5.56 Å². The maximum atomic E-state index is 5.90. The highest BCUT2D eigenvalue weighted by Crippen LogP contribution is 2.37. The Balaban J connectivity index is 2.88. The molecule has 1 heterocycles. The van der Waals surface area contributed by atoms with Gasteiger partial charge in [-0.15, -0.1) is 11.3 Å². The van der Waals surface area contributed by atoms with Crippen LogP contribution in [0.15, 0.2) is 18.2 Å². The van der Waals surface area contributed by atoms with Crippen molar-refractivity contribution < 1.29 is 0 Å². The van der Waals surface area contributed by atoms with Crippen LogP contribution in [0.3, 0.4) is 0 Å². The Hall–Kier alpha value is -0.730. The minimum atomic E-state index is 0.690. The molecule has 0 radical (unpaired) electrons. The van der Waals surface area contributed by atoms with Crippen molar-refractivity contribution in [3.63, 3.8) is 0 Å². The van der Waals surface area contributed by atoms with Crippen LogP contribution in [0.4, 0.5) is 5.69 Å². The van der Waals surface area contributed by atoms with E-state index in [1.54, 1.807) is 0 Å². The van der Waals surface area contributed by atoms with Crippen LogP contribution >= 0.6 is 22.9 Å². The van der Waals surface area contributed by atoms with Crippen molar-refractivity contribution in [2.24, 2.45) is 0 Å². The number of hydrogen-bond donors (Lipinski definition) is 1. The molecule has 62 valence electrons. The predicted octanol–water partition coefficient (Wildman–Crippen LogP) is 3.45. The molecule has 0 unspecified atom stereocenters. The molecule has 1 aromatic heterocycles. The number of rotatable bonds is 0. The molecular formula is C9H8ClNS. The number of nitrogen functional groups attached to an aromatic ring is 1. The Bertz CT molecular complexity index is 433. The maximum absolute atomic E-state index is 5.90. The molecule has 0 atom stereocenters. The number of nitrogens with two attached hydrogens (primary N) is 1. The van der Waals surface area contributed by atoms with Crippen molar-refractivity contribution in [1.29, 1.82) is 0 Å². The van der Waals surface area contributed by atoms with Gasteiger partial charge in [0.1, 0.15) is 4.34 Å². The summed E-state index contributed by atoms with van der Waals surface area (Å²) in [5, 5.41) is 1.07. The van der Waals surface area contributed by atoms with E-state index < -0.39 is 0 Å². The van der Waals surface area contributed by atoms with Crippen LogP contribution in [0.5, 0.6) is 0 Å². The molecule has 0 saturated carbocycles. The summed E-state index contributed by atoms with van der Waals surface area (Å²) in [6.45, 7) is 2.05. The minimum Gasteiger partial charge on any atom is -0.396 e. The fourth-order valence-corrected chi connectivity index (χ4v) is 2.38. The SMILES string of the molecule is Cc1ccc2sc(Cl)c(N)c2c1. The Morgan fingerprint density at radius 2 is 2.17 bits per heavy atom. The number of thiophene rings is 1. The van der Waals surface area contributed by atoms with Crippen LogP contribution in [0.25, 0.3) is 10.1 Å². The van der Waals surface area contributed by atoms with E-state index in [2.05, 4.69) is 18.2 Å². The van der Waals surface area contributed by atoms with Crippen LogP contribution in [0, 0.1) is 6.92 Å². The van der Waals surface area contributed by atoms with Gasteiger partial charge in [0.25, 0.3) is 0 Å². The molecular weight excluding hydrogens is 190 g/mol. The van der Waals surface area contributed by atoms with Gasteiger partial charge in [-0.3, -0.25) is 0 Å². The molecule has 0 fully saturated rings. The first-order valence-electron chi connectivity index (χ1n) is 3.62. The Morgan fingerprint density at radius 3 is 2.92 bits per heavy atom. The first-order chi connectivity index (χ1) is 5.68. The molecule has 2 N–H and O–H groups in total. The van der Waals surface area contributed by atoms with E-state index in [1.165, 1.54) is 16.9 Å². The Morgan fingerprint density at radius 1 is 1.42 bits per heavy atom. The summed E-state index contributed by atoms with van der Waals surface area (Å²) < 4.78 is 1.85. The highest BCUT2D eigenvalue weighted by molar-refractivity contribution is 7.23. The van der Waals surface area contributed by atoms with Crippen molar-refractivity contribution >= 4 is 38.7 Å². The summed E-state index contributed by atoms with van der Waals surface area (Å²) in [6, 6.07) is 6.18. The van der Waals surface area contributed by atoms with Gasteiger partial charge in [0.15, 0.2) is 0 Å². The molecule has 2 aromatic rings. The van der Waals surface area contributed by atoms with E-state index >= 15 is 0 Å². The third kappa shape index (κ3) is 1.08. The van der Waals surface area contributed by atoms with Crippen molar-refractivity contribution in [3.05, 3.63) is 28.1 Å². The summed E-state index contributed by atoms with van der Waals surface area (Å²) in [4.78, 5) is 0. The highest BCUT2D eigenvalue weighted by atomic mass is 35.5. The van der Waals surface area contributed by atoms with Gasteiger partial charge >= 0.3 is 0 Å². The molecule has 3 heteroatoms. The van der Waals surface area contributed by atoms with Crippen molar-refractivity contribution in [3.8, 4) is 0 Å². The monoisotopic (exact) mass is 197 g/mol. The second-order valence-electron chi connectivity index (χ2n) is 2.79. The lowest BCUT2D eigenvalue weighted by Gasteiger charge is -1.93. The lowest BCUT2D eigenvalue weighted by Crippen LogP contribution is -1.81. The number of anilines is 1. The van der Waals surface area contributed by atoms with Gasteiger partial charge in [-0.25, -0.2) is 0 Å². The summed E-state index contributed by atoms with van der Waals surface area (Å²) in [5.74, 6) is 0. The summed E-state index contributed by atoms with van der Waals surface area (Å²) >= 11 is 7.43. The molecule has 0 aliphatic heterocycles. The summed E-state index contributed by atoms with van der Waals surface area (Å²) in [7, 11) is 0. The van der Waals surface area contributed by atoms with Gasteiger partial charge in [-0.05, 0) is 19.1 Å². The first kappa shape index (κ1) is 7.90. The second kappa shape index (κ2) is 2.64. The second-order valence-corrected chi connectivity index (χ2v) is 4.44. The van der Waals surface area contributed by atoms with Gasteiger partial charge in [0, 0.05) is 10.1 Å². The van der Waals surface area contributed by atoms with Crippen LogP contribution in [-0.4, -0.2) is 0 Å². The van der Waals surface area contributed by atoms with E-state index in [0.29, 0.717) is 10.0 Å². The van der Waals surface area contributed by atoms with Gasteiger partial charge in [0.2, 0.25) is 0 Å². The minimum absolute atomic E-state index is 0.690. The fraction of sp³-hybridized carbons (Fsp3) is 0.111. The number of benzene rings is 1. The van der Waals surface area contributed by atoms with Gasteiger partial charge < -0.3 is 5.73 Å². The first-order valence-corrected chi connectivity index (χ1v) is 4.82. The number of aryl methyl sites for hydroxylation is 1. The number of hydrogen-bond acceptors (Lipinski definition) is 2. The smallest absolute Gasteiger partial charge is 0.117 e. The van der Waals surface area contributed by atoms with Crippen molar-refractivity contribution in [1.82, 2.24) is 0 Å². The lowest BCUT2D eigenvalue weighted by molar-refractivity contribution is 1.51. The predicted molar refractivity (Wildman–Crippen MR) is 56.0 cm³/mol. The third-order valence-corrected chi connectivity index (χ3v) is 3.25. The number of halogens is 1. The summed E-state index contributed by atoms with van der Waals surface area (Å²) in [6.07, 6.45) is 0. The average Bonchev–Trinajstić information content (AvgIpc) is 2.31. The standard InChI is InChI=1S/C9H8ClNS/c1-5-2-3-7-6(4-5)8(11)9(10)12-7/h2-4H,11H2,1H3. The average molecular weight is 198 g/mol. The molecule has 1 aromatic carbocycles. The van der Waals surface area contributed by atoms with Gasteiger partial charge in [0.05, 0.1) is 5.69 Å². The fourth-order valence-electron chi connectivity index (χ4n) is 1.20. The van der Waals surface area contributed by atoms with Crippen molar-refractivity contribution in [2.75, 3.05) is 5.73 Å². The largest absolute Gasteiger partial charge is 0.396 e. The van der Waals surface area contributed by atoms with Crippen LogP contribution < -0.4 is 5.73 Å². The van der Waals surface area contributed by atoms with E-state index in [-0.39, 0.29) is 0 Å². The number of fused-ring (bicyclic) bond motifs is 1. The molecule has 0 aliphatic rings. The summed E-state index contributed by atoms with van der Waals surface area (Å²) in [5.41, 5.74) is 7.71. The zero-order valence-corrected chi connectivity index (χ0v) is 8.17. The van der Waals surface area contributed by atoms with E-state index in [1.807, 2.05) is 6.92 Å². The quantitative estimate of drug-likeness (QED) is 0.688. The highest BCUT2D eigenvalue weighted by Gasteiger charge is 2.06. The Kier molecular flexibility index (Phi) is 1.74. The van der Waals surface area contributed by atoms with E-state index in [9.17, 15) is 0 Å². The molecule has 0 aliphatic carbocycles. The molecule has 0 amide bonds. The maximum Gasteiger partial charge on any atom is 0.117 e. The molecule has 0 bridgehead atoms. The molecule has 1 nitrogen and oxygen atoms in total. The van der Waals surface area contributed by atoms with Crippen LogP contribution in [0.2, 0.25) is 4.34 Å². The molecule has 0 spiro atoms.